The number of benzene rings is 2. The van der Waals surface area contributed by atoms with Crippen molar-refractivity contribution in [3.8, 4) is 22.3 Å². The molecule has 2 aromatic carbocycles. The molecule has 0 fully saturated rings. The van der Waals surface area contributed by atoms with E-state index >= 15 is 0 Å². The second-order valence-electron chi connectivity index (χ2n) is 5.84. The molecule has 0 aliphatic rings. The molecule has 1 heterocycles. The Morgan fingerprint density at radius 3 is 2.44 bits per heavy atom. The van der Waals surface area contributed by atoms with Gasteiger partial charge in [-0.25, -0.2) is 14.0 Å². The van der Waals surface area contributed by atoms with Crippen LogP contribution in [-0.4, -0.2) is 17.1 Å². The van der Waals surface area contributed by atoms with E-state index in [0.717, 1.165) is 11.1 Å². The first-order valence-corrected chi connectivity index (χ1v) is 9.06. The van der Waals surface area contributed by atoms with Gasteiger partial charge < -0.3 is 9.30 Å². The smallest absolute Gasteiger partial charge is 0.354 e. The van der Waals surface area contributed by atoms with Crippen LogP contribution in [0.25, 0.3) is 27.1 Å². The highest BCUT2D eigenvalue weighted by atomic mass is 79.9. The standard InChI is InChI=1S/C21H16BrFN2O2/c1-4-27-21(26)19-17(18(24-2)20(22)25(19)3)14-10-8-13(9-11-14)15-6-5-7-16(23)12-15/h5-12H,4H2,1,3H3. The van der Waals surface area contributed by atoms with Gasteiger partial charge in [-0.1, -0.05) is 36.4 Å². The zero-order chi connectivity index (χ0) is 19.6. The molecule has 0 N–H and O–H groups in total. The van der Waals surface area contributed by atoms with E-state index in [1.807, 2.05) is 30.3 Å². The summed E-state index contributed by atoms with van der Waals surface area (Å²) in [5.41, 5.74) is 3.49. The molecule has 0 unspecified atom stereocenters. The molecule has 1 aromatic heterocycles. The molecule has 0 aliphatic heterocycles. The van der Waals surface area contributed by atoms with Crippen LogP contribution in [0.1, 0.15) is 17.4 Å². The van der Waals surface area contributed by atoms with Gasteiger partial charge in [0.1, 0.15) is 11.5 Å². The number of carbonyl (C=O) groups excluding carboxylic acids is 1. The first kappa shape index (κ1) is 18.9. The molecule has 0 saturated carbocycles. The highest BCUT2D eigenvalue weighted by molar-refractivity contribution is 9.10. The molecule has 0 aliphatic carbocycles. The Labute approximate surface area is 165 Å². The lowest BCUT2D eigenvalue weighted by molar-refractivity contribution is 0.0516. The van der Waals surface area contributed by atoms with Gasteiger partial charge in [-0.3, -0.25) is 0 Å². The fourth-order valence-corrected chi connectivity index (χ4v) is 3.42. The first-order chi connectivity index (χ1) is 13.0. The van der Waals surface area contributed by atoms with Gasteiger partial charge >= 0.3 is 5.97 Å². The Bertz CT molecular complexity index is 1050. The zero-order valence-corrected chi connectivity index (χ0v) is 16.4. The topological polar surface area (TPSA) is 35.6 Å². The van der Waals surface area contributed by atoms with Crippen LogP contribution in [0, 0.1) is 12.4 Å². The highest BCUT2D eigenvalue weighted by Gasteiger charge is 2.26. The Balaban J connectivity index is 2.12. The number of ether oxygens (including phenoxy) is 1. The summed E-state index contributed by atoms with van der Waals surface area (Å²) in [5, 5.41) is 0. The van der Waals surface area contributed by atoms with Gasteiger partial charge in [0.25, 0.3) is 0 Å². The van der Waals surface area contributed by atoms with Crippen molar-refractivity contribution < 1.29 is 13.9 Å². The highest BCUT2D eigenvalue weighted by Crippen LogP contribution is 2.42. The lowest BCUT2D eigenvalue weighted by Gasteiger charge is -2.09. The summed E-state index contributed by atoms with van der Waals surface area (Å²) < 4.78 is 20.8. The molecule has 0 saturated heterocycles. The van der Waals surface area contributed by atoms with E-state index in [1.165, 1.54) is 12.1 Å². The largest absolute Gasteiger partial charge is 0.461 e. The predicted molar refractivity (Wildman–Crippen MR) is 106 cm³/mol. The number of hydrogen-bond donors (Lipinski definition) is 0. The summed E-state index contributed by atoms with van der Waals surface area (Å²) >= 11 is 3.39. The molecule has 136 valence electrons. The summed E-state index contributed by atoms with van der Waals surface area (Å²) in [5.74, 6) is -0.789. The van der Waals surface area contributed by atoms with E-state index < -0.39 is 5.97 Å². The van der Waals surface area contributed by atoms with Crippen LogP contribution in [0.5, 0.6) is 0 Å². The van der Waals surface area contributed by atoms with Crippen molar-refractivity contribution in [2.75, 3.05) is 6.61 Å². The molecule has 3 rings (SSSR count). The second-order valence-corrected chi connectivity index (χ2v) is 6.59. The number of aromatic nitrogens is 1. The van der Waals surface area contributed by atoms with Gasteiger partial charge in [0.2, 0.25) is 5.69 Å². The van der Waals surface area contributed by atoms with Crippen LogP contribution in [0.4, 0.5) is 10.1 Å². The van der Waals surface area contributed by atoms with E-state index in [1.54, 1.807) is 24.6 Å². The summed E-state index contributed by atoms with van der Waals surface area (Å²) in [4.78, 5) is 16.0. The van der Waals surface area contributed by atoms with Gasteiger partial charge in [-0.05, 0) is 51.7 Å². The maximum atomic E-state index is 13.5. The van der Waals surface area contributed by atoms with Crippen molar-refractivity contribution in [1.29, 1.82) is 0 Å². The molecule has 27 heavy (non-hydrogen) atoms. The number of esters is 1. The normalized spacial score (nSPS) is 10.5. The van der Waals surface area contributed by atoms with Gasteiger partial charge in [0.05, 0.1) is 17.8 Å². The number of rotatable bonds is 4. The molecule has 0 radical (unpaired) electrons. The Morgan fingerprint density at radius 1 is 1.19 bits per heavy atom. The molecule has 0 amide bonds. The van der Waals surface area contributed by atoms with Crippen molar-refractivity contribution in [2.45, 2.75) is 6.92 Å². The van der Waals surface area contributed by atoms with Crippen LogP contribution >= 0.6 is 15.9 Å². The quantitative estimate of drug-likeness (QED) is 0.379. The minimum absolute atomic E-state index is 0.243. The summed E-state index contributed by atoms with van der Waals surface area (Å²) in [6, 6.07) is 13.7. The van der Waals surface area contributed by atoms with Crippen molar-refractivity contribution in [1.82, 2.24) is 4.57 Å². The fraction of sp³-hybridized carbons (Fsp3) is 0.143. The summed E-state index contributed by atoms with van der Waals surface area (Å²) in [6.07, 6.45) is 0. The molecular weight excluding hydrogens is 411 g/mol. The van der Waals surface area contributed by atoms with Crippen LogP contribution in [-0.2, 0) is 11.8 Å². The first-order valence-electron chi connectivity index (χ1n) is 8.27. The minimum Gasteiger partial charge on any atom is -0.461 e. The molecule has 0 bridgehead atoms. The van der Waals surface area contributed by atoms with Gasteiger partial charge in [-0.15, -0.1) is 0 Å². The minimum atomic E-state index is -0.486. The molecule has 4 nitrogen and oxygen atoms in total. The third-order valence-electron chi connectivity index (χ3n) is 4.21. The van der Waals surface area contributed by atoms with Gasteiger partial charge in [0, 0.05) is 12.6 Å². The number of hydrogen-bond acceptors (Lipinski definition) is 2. The molecule has 0 atom stereocenters. The van der Waals surface area contributed by atoms with Crippen LogP contribution in [0.2, 0.25) is 0 Å². The average molecular weight is 427 g/mol. The Morgan fingerprint density at radius 2 is 1.85 bits per heavy atom. The van der Waals surface area contributed by atoms with Crippen LogP contribution < -0.4 is 0 Å². The van der Waals surface area contributed by atoms with Crippen molar-refractivity contribution >= 4 is 27.6 Å². The average Bonchev–Trinajstić information content (AvgIpc) is 2.93. The Hall–Kier alpha value is -2.91. The second kappa shape index (κ2) is 7.77. The SMILES string of the molecule is [C-]#[N+]c1c(-c2ccc(-c3cccc(F)c3)cc2)c(C(=O)OCC)n(C)c1Br. The maximum Gasteiger partial charge on any atom is 0.354 e. The van der Waals surface area contributed by atoms with Gasteiger partial charge in [-0.2, -0.15) is 0 Å². The summed E-state index contributed by atoms with van der Waals surface area (Å²) in [6.45, 7) is 9.49. The maximum absolute atomic E-state index is 13.5. The van der Waals surface area contributed by atoms with Crippen molar-refractivity contribution in [3.05, 3.63) is 76.1 Å². The number of nitrogens with zero attached hydrogens (tertiary/aromatic N) is 2. The predicted octanol–water partition coefficient (Wildman–Crippen LogP) is 5.99. The molecule has 0 spiro atoms. The number of halogens is 2. The lowest BCUT2D eigenvalue weighted by Crippen LogP contribution is -2.11. The van der Waals surface area contributed by atoms with E-state index in [4.69, 9.17) is 11.3 Å². The molecular formula is C21H16BrFN2O2. The fourth-order valence-electron chi connectivity index (χ4n) is 2.95. The van der Waals surface area contributed by atoms with E-state index in [2.05, 4.69) is 20.8 Å². The zero-order valence-electron chi connectivity index (χ0n) is 14.8. The van der Waals surface area contributed by atoms with Crippen LogP contribution in [0.15, 0.2) is 53.1 Å². The lowest BCUT2D eigenvalue weighted by atomic mass is 9.99. The Kier molecular flexibility index (Phi) is 5.43. The van der Waals surface area contributed by atoms with E-state index in [0.29, 0.717) is 27.1 Å². The third-order valence-corrected chi connectivity index (χ3v) is 5.12. The van der Waals surface area contributed by atoms with Gasteiger partial charge in [0.15, 0.2) is 0 Å². The van der Waals surface area contributed by atoms with E-state index in [9.17, 15) is 9.18 Å². The third kappa shape index (κ3) is 3.51. The van der Waals surface area contributed by atoms with Crippen molar-refractivity contribution in [2.24, 2.45) is 7.05 Å². The number of carbonyl (C=O) groups is 1. The van der Waals surface area contributed by atoms with Crippen molar-refractivity contribution in [3.63, 3.8) is 0 Å². The van der Waals surface area contributed by atoms with E-state index in [-0.39, 0.29) is 12.4 Å². The monoisotopic (exact) mass is 426 g/mol. The molecule has 6 heteroatoms. The van der Waals surface area contributed by atoms with Crippen LogP contribution in [0.3, 0.4) is 0 Å². The molecule has 3 aromatic rings. The summed E-state index contributed by atoms with van der Waals surface area (Å²) in [7, 11) is 1.70.